The van der Waals surface area contributed by atoms with Gasteiger partial charge in [0, 0.05) is 17.2 Å². The highest BCUT2D eigenvalue weighted by Crippen LogP contribution is 2.27. The first-order valence-electron chi connectivity index (χ1n) is 3.18. The zero-order chi connectivity index (χ0) is 8.77. The second-order valence-corrected chi connectivity index (χ2v) is 4.58. The third-order valence-electron chi connectivity index (χ3n) is 1.59. The molecule has 12 heavy (non-hydrogen) atoms. The SMILES string of the molecule is O=S1(=O)C=Cc2cnc(Cl)cc21. The summed E-state index contributed by atoms with van der Waals surface area (Å²) in [7, 11) is -3.23. The summed E-state index contributed by atoms with van der Waals surface area (Å²) in [6.07, 6.45) is 2.95. The fourth-order valence-electron chi connectivity index (χ4n) is 1.03. The first-order chi connectivity index (χ1) is 5.59. The van der Waals surface area contributed by atoms with Gasteiger partial charge in [-0.1, -0.05) is 11.6 Å². The molecule has 5 heteroatoms. The molecule has 1 aliphatic heterocycles. The van der Waals surface area contributed by atoms with Gasteiger partial charge >= 0.3 is 0 Å². The van der Waals surface area contributed by atoms with Gasteiger partial charge in [-0.15, -0.1) is 0 Å². The predicted molar refractivity (Wildman–Crippen MR) is 45.5 cm³/mol. The maximum atomic E-state index is 11.2. The van der Waals surface area contributed by atoms with Crippen molar-refractivity contribution in [3.63, 3.8) is 0 Å². The van der Waals surface area contributed by atoms with Gasteiger partial charge in [-0.05, 0) is 12.1 Å². The third kappa shape index (κ3) is 1.04. The Kier molecular flexibility index (Phi) is 1.49. The third-order valence-corrected chi connectivity index (χ3v) is 3.26. The summed E-state index contributed by atoms with van der Waals surface area (Å²) < 4.78 is 22.5. The van der Waals surface area contributed by atoms with Crippen LogP contribution >= 0.6 is 11.6 Å². The molecule has 3 nitrogen and oxygen atoms in total. The van der Waals surface area contributed by atoms with Crippen LogP contribution in [0.3, 0.4) is 0 Å². The first kappa shape index (κ1) is 7.76. The Hall–Kier alpha value is -0.870. The molecule has 2 heterocycles. The maximum Gasteiger partial charge on any atom is 0.200 e. The van der Waals surface area contributed by atoms with E-state index < -0.39 is 9.84 Å². The molecule has 0 aliphatic carbocycles. The molecule has 1 aliphatic rings. The molecular formula is C7H4ClNO2S. The Labute approximate surface area is 74.6 Å². The minimum atomic E-state index is -3.23. The zero-order valence-corrected chi connectivity index (χ0v) is 7.43. The molecule has 0 spiro atoms. The molecule has 2 rings (SSSR count). The van der Waals surface area contributed by atoms with Crippen LogP contribution in [0.4, 0.5) is 0 Å². The Morgan fingerprint density at radius 2 is 2.17 bits per heavy atom. The number of halogens is 1. The van der Waals surface area contributed by atoms with Gasteiger partial charge in [0.2, 0.25) is 9.84 Å². The lowest BCUT2D eigenvalue weighted by atomic mass is 10.3. The van der Waals surface area contributed by atoms with E-state index in [2.05, 4.69) is 4.98 Å². The number of rotatable bonds is 0. The minimum absolute atomic E-state index is 0.195. The van der Waals surface area contributed by atoms with Crippen LogP contribution in [0.25, 0.3) is 6.08 Å². The number of sulfone groups is 1. The van der Waals surface area contributed by atoms with Crippen LogP contribution in [0, 0.1) is 0 Å². The molecule has 0 N–H and O–H groups in total. The Morgan fingerprint density at radius 1 is 1.42 bits per heavy atom. The number of hydrogen-bond acceptors (Lipinski definition) is 3. The van der Waals surface area contributed by atoms with Crippen molar-refractivity contribution in [3.8, 4) is 0 Å². The topological polar surface area (TPSA) is 47.0 Å². The van der Waals surface area contributed by atoms with Crippen molar-refractivity contribution in [3.05, 3.63) is 28.4 Å². The van der Waals surface area contributed by atoms with E-state index in [1.54, 1.807) is 0 Å². The van der Waals surface area contributed by atoms with Gasteiger partial charge in [0.05, 0.1) is 4.90 Å². The van der Waals surface area contributed by atoms with Gasteiger partial charge in [0.15, 0.2) is 0 Å². The summed E-state index contributed by atoms with van der Waals surface area (Å²) in [4.78, 5) is 4.00. The lowest BCUT2D eigenvalue weighted by Gasteiger charge is -1.96. The van der Waals surface area contributed by atoms with Gasteiger partial charge in [0.25, 0.3) is 0 Å². The number of pyridine rings is 1. The van der Waals surface area contributed by atoms with E-state index in [-0.39, 0.29) is 10.0 Å². The Bertz CT molecular complexity index is 464. The molecule has 0 unspecified atom stereocenters. The maximum absolute atomic E-state index is 11.2. The summed E-state index contributed by atoms with van der Waals surface area (Å²) in [5, 5.41) is 1.34. The van der Waals surface area contributed by atoms with Gasteiger partial charge in [-0.2, -0.15) is 0 Å². The molecule has 0 aromatic carbocycles. The van der Waals surface area contributed by atoms with Crippen LogP contribution in [0.15, 0.2) is 22.6 Å². The van der Waals surface area contributed by atoms with Crippen LogP contribution in [-0.4, -0.2) is 13.4 Å². The molecule has 0 radical (unpaired) electrons. The van der Waals surface area contributed by atoms with Gasteiger partial charge in [-0.25, -0.2) is 13.4 Å². The van der Waals surface area contributed by atoms with Crippen LogP contribution < -0.4 is 0 Å². The summed E-state index contributed by atoms with van der Waals surface area (Å²) in [6.45, 7) is 0. The van der Waals surface area contributed by atoms with E-state index in [1.165, 1.54) is 18.3 Å². The highest BCUT2D eigenvalue weighted by molar-refractivity contribution is 7.94. The lowest BCUT2D eigenvalue weighted by Crippen LogP contribution is -1.93. The van der Waals surface area contributed by atoms with Crippen molar-refractivity contribution < 1.29 is 8.42 Å². The minimum Gasteiger partial charge on any atom is -0.244 e. The number of nitrogens with zero attached hydrogens (tertiary/aromatic N) is 1. The smallest absolute Gasteiger partial charge is 0.200 e. The van der Waals surface area contributed by atoms with Crippen LogP contribution in [0.2, 0.25) is 5.15 Å². The van der Waals surface area contributed by atoms with Crippen molar-refractivity contribution in [1.29, 1.82) is 0 Å². The highest BCUT2D eigenvalue weighted by Gasteiger charge is 2.20. The Morgan fingerprint density at radius 3 is 2.92 bits per heavy atom. The van der Waals surface area contributed by atoms with Gasteiger partial charge in [0.1, 0.15) is 5.15 Å². The monoisotopic (exact) mass is 201 g/mol. The lowest BCUT2D eigenvalue weighted by molar-refractivity contribution is 0.605. The van der Waals surface area contributed by atoms with Crippen LogP contribution in [0.1, 0.15) is 5.56 Å². The summed E-state index contributed by atoms with van der Waals surface area (Å²) in [6, 6.07) is 1.35. The van der Waals surface area contributed by atoms with Crippen molar-refractivity contribution in [1.82, 2.24) is 4.98 Å². The van der Waals surface area contributed by atoms with E-state index >= 15 is 0 Å². The van der Waals surface area contributed by atoms with E-state index in [0.29, 0.717) is 5.56 Å². The molecule has 0 saturated heterocycles. The average Bonchev–Trinajstić information content (AvgIpc) is 2.28. The number of fused-ring (bicyclic) bond motifs is 1. The average molecular weight is 202 g/mol. The summed E-state index contributed by atoms with van der Waals surface area (Å²) >= 11 is 5.55. The van der Waals surface area contributed by atoms with E-state index in [4.69, 9.17) is 11.6 Å². The quantitative estimate of drug-likeness (QED) is 0.598. The number of hydrogen-bond donors (Lipinski definition) is 0. The highest BCUT2D eigenvalue weighted by atomic mass is 35.5. The second kappa shape index (κ2) is 2.31. The fraction of sp³-hybridized carbons (Fsp3) is 0. The largest absolute Gasteiger partial charge is 0.244 e. The van der Waals surface area contributed by atoms with Crippen molar-refractivity contribution in [2.75, 3.05) is 0 Å². The molecule has 0 atom stereocenters. The molecule has 1 aromatic heterocycles. The van der Waals surface area contributed by atoms with Crippen molar-refractivity contribution in [2.45, 2.75) is 4.90 Å². The second-order valence-electron chi connectivity index (χ2n) is 2.39. The Balaban J connectivity index is 2.80. The summed E-state index contributed by atoms with van der Waals surface area (Å²) in [5.74, 6) is 0. The fourth-order valence-corrected chi connectivity index (χ4v) is 2.45. The standard InChI is InChI=1S/C7H4ClNO2S/c8-7-3-6-5(4-9-7)1-2-12(6,10)11/h1-4H. The molecule has 0 saturated carbocycles. The molecule has 0 amide bonds. The van der Waals surface area contributed by atoms with Crippen molar-refractivity contribution >= 4 is 27.5 Å². The summed E-state index contributed by atoms with van der Waals surface area (Å²) in [5.41, 5.74) is 0.597. The van der Waals surface area contributed by atoms with E-state index in [9.17, 15) is 8.42 Å². The first-order valence-corrected chi connectivity index (χ1v) is 5.11. The number of aromatic nitrogens is 1. The molecule has 0 bridgehead atoms. The predicted octanol–water partition coefficient (Wildman–Crippen LogP) is 1.49. The van der Waals surface area contributed by atoms with Crippen LogP contribution in [-0.2, 0) is 9.84 Å². The van der Waals surface area contributed by atoms with Crippen molar-refractivity contribution in [2.24, 2.45) is 0 Å². The zero-order valence-electron chi connectivity index (χ0n) is 5.86. The van der Waals surface area contributed by atoms with Crippen LogP contribution in [0.5, 0.6) is 0 Å². The molecule has 62 valence electrons. The van der Waals surface area contributed by atoms with Gasteiger partial charge < -0.3 is 0 Å². The molecule has 0 fully saturated rings. The van der Waals surface area contributed by atoms with E-state index in [1.807, 2.05) is 0 Å². The normalized spacial score (nSPS) is 17.8. The van der Waals surface area contributed by atoms with Gasteiger partial charge in [-0.3, -0.25) is 0 Å². The molecular weight excluding hydrogens is 198 g/mol. The molecule has 1 aromatic rings. The van der Waals surface area contributed by atoms with E-state index in [0.717, 1.165) is 5.41 Å².